The first-order chi connectivity index (χ1) is 10.0. The van der Waals surface area contributed by atoms with Gasteiger partial charge in [-0.3, -0.25) is 4.79 Å². The van der Waals surface area contributed by atoms with E-state index >= 15 is 0 Å². The highest BCUT2D eigenvalue weighted by Crippen LogP contribution is 2.59. The van der Waals surface area contributed by atoms with Crippen molar-refractivity contribution >= 4 is 28.4 Å². The van der Waals surface area contributed by atoms with Crippen molar-refractivity contribution in [1.82, 2.24) is 0 Å². The summed E-state index contributed by atoms with van der Waals surface area (Å²) in [6.45, 7) is 2.22. The maximum Gasteiger partial charge on any atom is 0.139 e. The van der Waals surface area contributed by atoms with Crippen LogP contribution in [0.15, 0.2) is 12.1 Å². The molecule has 3 heteroatoms. The Morgan fingerprint density at radius 1 is 1.24 bits per heavy atom. The SMILES string of the molecule is C[C@@]12CC[C@@H]3c4cc(I)c(O)cc4CC[C@H]3[C@@H]1CCC2=O. The van der Waals surface area contributed by atoms with E-state index in [1.807, 2.05) is 6.07 Å². The molecule has 3 aliphatic rings. The lowest BCUT2D eigenvalue weighted by Crippen LogP contribution is -2.42. The number of fused-ring (bicyclic) bond motifs is 5. The van der Waals surface area contributed by atoms with E-state index in [1.165, 1.54) is 17.5 Å². The summed E-state index contributed by atoms with van der Waals surface area (Å²) in [6.07, 6.45) is 6.32. The summed E-state index contributed by atoms with van der Waals surface area (Å²) in [5.41, 5.74) is 2.75. The standard InChI is InChI=1S/C18H21IO2/c1-18-7-6-11-12(14(18)4-5-17(18)21)3-2-10-8-16(20)15(19)9-13(10)11/h8-9,11-12,14,20H,2-7H2,1H3/t11-,12+,14-,18+/m0/s1. The minimum absolute atomic E-state index is 0.0389. The third kappa shape index (κ3) is 1.92. The van der Waals surface area contributed by atoms with Crippen molar-refractivity contribution in [1.29, 1.82) is 0 Å². The molecule has 1 aromatic carbocycles. The second-order valence-corrected chi connectivity index (χ2v) is 8.50. The molecule has 0 heterocycles. The fraction of sp³-hybridized carbons (Fsp3) is 0.611. The molecule has 1 N–H and O–H groups in total. The number of carbonyl (C=O) groups excluding carboxylic acids is 1. The minimum Gasteiger partial charge on any atom is -0.507 e. The number of aromatic hydroxyl groups is 1. The van der Waals surface area contributed by atoms with E-state index in [-0.39, 0.29) is 5.41 Å². The first-order valence-corrected chi connectivity index (χ1v) is 9.13. The average molecular weight is 396 g/mol. The lowest BCUT2D eigenvalue weighted by atomic mass is 9.55. The Labute approximate surface area is 139 Å². The number of carbonyl (C=O) groups is 1. The largest absolute Gasteiger partial charge is 0.507 e. The Morgan fingerprint density at radius 2 is 2.05 bits per heavy atom. The molecule has 0 aliphatic heterocycles. The van der Waals surface area contributed by atoms with Crippen molar-refractivity contribution in [2.45, 2.75) is 51.4 Å². The minimum atomic E-state index is -0.0389. The molecule has 1 aromatic rings. The summed E-state index contributed by atoms with van der Waals surface area (Å²) in [5.74, 6) is 2.79. The molecule has 21 heavy (non-hydrogen) atoms. The third-order valence-corrected chi connectivity index (χ3v) is 7.37. The average Bonchev–Trinajstić information content (AvgIpc) is 2.76. The molecule has 0 saturated heterocycles. The van der Waals surface area contributed by atoms with Gasteiger partial charge in [0.2, 0.25) is 0 Å². The number of rotatable bonds is 0. The van der Waals surface area contributed by atoms with E-state index in [0.29, 0.717) is 29.3 Å². The van der Waals surface area contributed by atoms with E-state index < -0.39 is 0 Å². The van der Waals surface area contributed by atoms with Gasteiger partial charge in [0.25, 0.3) is 0 Å². The zero-order valence-electron chi connectivity index (χ0n) is 12.4. The van der Waals surface area contributed by atoms with Crippen LogP contribution in [0.2, 0.25) is 0 Å². The van der Waals surface area contributed by atoms with Crippen molar-refractivity contribution < 1.29 is 9.90 Å². The van der Waals surface area contributed by atoms with Gasteiger partial charge < -0.3 is 5.11 Å². The van der Waals surface area contributed by atoms with Crippen molar-refractivity contribution in [2.24, 2.45) is 17.3 Å². The first kappa shape index (κ1) is 14.0. The van der Waals surface area contributed by atoms with E-state index in [4.69, 9.17) is 0 Å². The Bertz CT molecular complexity index is 624. The third-order valence-electron chi connectivity index (χ3n) is 6.50. The molecule has 2 fully saturated rings. The highest BCUT2D eigenvalue weighted by molar-refractivity contribution is 14.1. The van der Waals surface area contributed by atoms with Gasteiger partial charge in [-0.05, 0) is 95.7 Å². The number of phenols is 1. The maximum atomic E-state index is 12.3. The van der Waals surface area contributed by atoms with Gasteiger partial charge in [-0.15, -0.1) is 0 Å². The van der Waals surface area contributed by atoms with Crippen LogP contribution in [0.1, 0.15) is 56.1 Å². The van der Waals surface area contributed by atoms with Crippen LogP contribution in [-0.4, -0.2) is 10.9 Å². The van der Waals surface area contributed by atoms with E-state index in [2.05, 4.69) is 35.6 Å². The monoisotopic (exact) mass is 396 g/mol. The lowest BCUT2D eigenvalue weighted by molar-refractivity contribution is -0.129. The van der Waals surface area contributed by atoms with Crippen LogP contribution >= 0.6 is 22.6 Å². The number of hydrogen-bond donors (Lipinski definition) is 1. The van der Waals surface area contributed by atoms with Crippen LogP contribution in [0.3, 0.4) is 0 Å². The van der Waals surface area contributed by atoms with Gasteiger partial charge in [-0.25, -0.2) is 0 Å². The summed E-state index contributed by atoms with van der Waals surface area (Å²) in [4.78, 5) is 12.3. The number of Topliss-reactive ketones (excluding diaryl/α,β-unsaturated/α-hetero) is 1. The summed E-state index contributed by atoms with van der Waals surface area (Å²) in [7, 11) is 0. The van der Waals surface area contributed by atoms with Crippen molar-refractivity contribution in [3.05, 3.63) is 26.8 Å². The normalized spacial score (nSPS) is 37.8. The zero-order chi connectivity index (χ0) is 14.8. The molecule has 2 saturated carbocycles. The summed E-state index contributed by atoms with van der Waals surface area (Å²) >= 11 is 2.23. The molecule has 0 radical (unpaired) electrons. The van der Waals surface area contributed by atoms with E-state index in [1.54, 1.807) is 0 Å². The Balaban J connectivity index is 1.75. The summed E-state index contributed by atoms with van der Waals surface area (Å²) in [5, 5.41) is 9.95. The van der Waals surface area contributed by atoms with Crippen LogP contribution in [0.4, 0.5) is 0 Å². The lowest BCUT2D eigenvalue weighted by Gasteiger charge is -2.48. The summed E-state index contributed by atoms with van der Waals surface area (Å²) < 4.78 is 0.961. The Hall–Kier alpha value is -0.580. The molecular formula is C18H21IO2. The van der Waals surface area contributed by atoms with Gasteiger partial charge in [0.15, 0.2) is 0 Å². The van der Waals surface area contributed by atoms with E-state index in [0.717, 1.165) is 35.7 Å². The van der Waals surface area contributed by atoms with Crippen LogP contribution in [-0.2, 0) is 11.2 Å². The highest BCUT2D eigenvalue weighted by Gasteiger charge is 2.54. The molecule has 0 spiro atoms. The molecule has 0 aromatic heterocycles. The van der Waals surface area contributed by atoms with Crippen LogP contribution in [0, 0.1) is 20.8 Å². The van der Waals surface area contributed by atoms with Crippen molar-refractivity contribution in [3.63, 3.8) is 0 Å². The van der Waals surface area contributed by atoms with Crippen LogP contribution in [0.5, 0.6) is 5.75 Å². The molecule has 112 valence electrons. The number of aryl methyl sites for hydroxylation is 1. The fourth-order valence-corrected chi connectivity index (χ4v) is 5.84. The quantitative estimate of drug-likeness (QED) is 0.660. The highest BCUT2D eigenvalue weighted by atomic mass is 127. The van der Waals surface area contributed by atoms with Crippen molar-refractivity contribution in [2.75, 3.05) is 0 Å². The molecule has 0 amide bonds. The number of benzene rings is 1. The smallest absolute Gasteiger partial charge is 0.139 e. The topological polar surface area (TPSA) is 37.3 Å². The predicted octanol–water partition coefficient (Wildman–Crippen LogP) is 4.42. The van der Waals surface area contributed by atoms with Crippen molar-refractivity contribution in [3.8, 4) is 5.75 Å². The number of hydrogen-bond acceptors (Lipinski definition) is 2. The fourth-order valence-electron chi connectivity index (χ4n) is 5.35. The Morgan fingerprint density at radius 3 is 2.86 bits per heavy atom. The molecule has 2 nitrogen and oxygen atoms in total. The molecule has 4 atom stereocenters. The van der Waals surface area contributed by atoms with Crippen LogP contribution in [0.25, 0.3) is 0 Å². The van der Waals surface area contributed by atoms with E-state index in [9.17, 15) is 9.90 Å². The first-order valence-electron chi connectivity index (χ1n) is 8.05. The second kappa shape index (κ2) is 4.71. The van der Waals surface area contributed by atoms with Gasteiger partial charge in [-0.2, -0.15) is 0 Å². The van der Waals surface area contributed by atoms with Gasteiger partial charge in [0, 0.05) is 11.8 Å². The number of phenolic OH excluding ortho intramolecular Hbond substituents is 1. The van der Waals surface area contributed by atoms with Gasteiger partial charge in [0.1, 0.15) is 11.5 Å². The second-order valence-electron chi connectivity index (χ2n) is 7.34. The number of ketones is 1. The molecule has 0 unspecified atom stereocenters. The molecule has 4 rings (SSSR count). The molecule has 0 bridgehead atoms. The number of halogens is 1. The molecule has 3 aliphatic carbocycles. The van der Waals surface area contributed by atoms with Gasteiger partial charge in [-0.1, -0.05) is 6.92 Å². The molecular weight excluding hydrogens is 375 g/mol. The predicted molar refractivity (Wildman–Crippen MR) is 90.4 cm³/mol. The summed E-state index contributed by atoms with van der Waals surface area (Å²) in [6, 6.07) is 4.17. The zero-order valence-corrected chi connectivity index (χ0v) is 14.5. The van der Waals surface area contributed by atoms with Gasteiger partial charge in [0.05, 0.1) is 3.57 Å². The maximum absolute atomic E-state index is 12.3. The van der Waals surface area contributed by atoms with Crippen LogP contribution < -0.4 is 0 Å². The van der Waals surface area contributed by atoms with Gasteiger partial charge >= 0.3 is 0 Å². The Kier molecular flexibility index (Phi) is 3.15.